The van der Waals surface area contributed by atoms with E-state index in [0.717, 1.165) is 18.6 Å². The van der Waals surface area contributed by atoms with Gasteiger partial charge in [0.2, 0.25) is 0 Å². The smallest absolute Gasteiger partial charge is 0.273 e. The molecule has 1 aromatic heterocycles. The van der Waals surface area contributed by atoms with Gasteiger partial charge < -0.3 is 14.9 Å². The average molecular weight is 327 g/mol. The van der Waals surface area contributed by atoms with Crippen LogP contribution in [0.3, 0.4) is 0 Å². The van der Waals surface area contributed by atoms with Crippen molar-refractivity contribution in [2.45, 2.75) is 25.9 Å². The molecule has 22 heavy (non-hydrogen) atoms. The Kier molecular flexibility index (Phi) is 5.51. The molecule has 1 heterocycles. The Morgan fingerprint density at radius 1 is 1.45 bits per heavy atom. The van der Waals surface area contributed by atoms with Gasteiger partial charge in [0.1, 0.15) is 11.6 Å². The van der Waals surface area contributed by atoms with Crippen LogP contribution in [0.25, 0.3) is 0 Å². The Hall–Kier alpha value is -1.92. The number of carbonyl (C=O) groups is 1. The molecular formula is C15H16ClFN2O3. The molecule has 0 saturated heterocycles. The van der Waals surface area contributed by atoms with Gasteiger partial charge in [-0.25, -0.2) is 4.39 Å². The molecule has 1 atom stereocenters. The third-order valence-electron chi connectivity index (χ3n) is 3.01. The predicted molar refractivity (Wildman–Crippen MR) is 79.2 cm³/mol. The van der Waals surface area contributed by atoms with Crippen LogP contribution in [0.4, 0.5) is 4.39 Å². The van der Waals surface area contributed by atoms with Crippen molar-refractivity contribution < 1.29 is 18.8 Å². The van der Waals surface area contributed by atoms with E-state index in [4.69, 9.17) is 16.1 Å². The minimum atomic E-state index is -1.07. The molecule has 2 aromatic rings. The molecule has 0 saturated carbocycles. The number of amides is 1. The molecule has 2 N–H and O–H groups in total. The third kappa shape index (κ3) is 4.29. The molecule has 2 rings (SSSR count). The molecule has 0 radical (unpaired) electrons. The Morgan fingerprint density at radius 2 is 2.23 bits per heavy atom. The molecule has 1 aromatic carbocycles. The van der Waals surface area contributed by atoms with E-state index in [9.17, 15) is 14.3 Å². The molecule has 0 fully saturated rings. The molecule has 5 nitrogen and oxygen atoms in total. The van der Waals surface area contributed by atoms with Gasteiger partial charge >= 0.3 is 0 Å². The fourth-order valence-electron chi connectivity index (χ4n) is 1.95. The minimum Gasteiger partial charge on any atom is -0.387 e. The first-order chi connectivity index (χ1) is 10.5. The van der Waals surface area contributed by atoms with E-state index in [-0.39, 0.29) is 22.8 Å². The fourth-order valence-corrected chi connectivity index (χ4v) is 2.18. The number of aliphatic hydroxyl groups is 1. The highest BCUT2D eigenvalue weighted by Gasteiger charge is 2.15. The van der Waals surface area contributed by atoms with Gasteiger partial charge in [-0.1, -0.05) is 23.7 Å². The lowest BCUT2D eigenvalue weighted by molar-refractivity contribution is 0.0907. The van der Waals surface area contributed by atoms with Gasteiger partial charge in [-0.2, -0.15) is 0 Å². The van der Waals surface area contributed by atoms with Crippen LogP contribution < -0.4 is 5.32 Å². The standard InChI is InChI=1S/C15H16ClFN2O3/c1-2-3-12-7-13(19-22-12)15(21)18-8-14(20)9-4-10(16)6-11(17)5-9/h4-7,14,20H,2-3,8H2,1H3,(H,18,21). The van der Waals surface area contributed by atoms with Crippen molar-refractivity contribution in [3.63, 3.8) is 0 Å². The summed E-state index contributed by atoms with van der Waals surface area (Å²) in [6, 6.07) is 5.31. The number of nitrogens with zero attached hydrogens (tertiary/aromatic N) is 1. The number of halogens is 2. The summed E-state index contributed by atoms with van der Waals surface area (Å²) in [6.07, 6.45) is 0.513. The lowest BCUT2D eigenvalue weighted by Gasteiger charge is -2.12. The molecule has 0 bridgehead atoms. The van der Waals surface area contributed by atoms with Gasteiger partial charge in [-0.05, 0) is 30.2 Å². The number of aromatic nitrogens is 1. The topological polar surface area (TPSA) is 75.4 Å². The monoisotopic (exact) mass is 326 g/mol. The second kappa shape index (κ2) is 7.38. The molecule has 0 aliphatic rings. The fraction of sp³-hybridized carbons (Fsp3) is 0.333. The number of aliphatic hydroxyl groups excluding tert-OH is 1. The van der Waals surface area contributed by atoms with Crippen molar-refractivity contribution in [2.24, 2.45) is 0 Å². The summed E-state index contributed by atoms with van der Waals surface area (Å²) in [4.78, 5) is 11.9. The normalized spacial score (nSPS) is 12.2. The maximum absolute atomic E-state index is 13.2. The van der Waals surface area contributed by atoms with Crippen LogP contribution in [0.15, 0.2) is 28.8 Å². The van der Waals surface area contributed by atoms with Crippen LogP contribution in [-0.4, -0.2) is 22.7 Å². The maximum atomic E-state index is 13.2. The number of aryl methyl sites for hydroxylation is 1. The summed E-state index contributed by atoms with van der Waals surface area (Å²) < 4.78 is 18.2. The predicted octanol–water partition coefficient (Wildman–Crippen LogP) is 2.88. The second-order valence-electron chi connectivity index (χ2n) is 4.86. The Balaban J connectivity index is 1.94. The molecule has 0 spiro atoms. The summed E-state index contributed by atoms with van der Waals surface area (Å²) in [5, 5.41) is 16.3. The van der Waals surface area contributed by atoms with E-state index in [2.05, 4.69) is 10.5 Å². The highest BCUT2D eigenvalue weighted by Crippen LogP contribution is 2.19. The van der Waals surface area contributed by atoms with Gasteiger partial charge in [-0.3, -0.25) is 4.79 Å². The first-order valence-corrected chi connectivity index (χ1v) is 7.25. The van der Waals surface area contributed by atoms with E-state index in [1.807, 2.05) is 6.92 Å². The number of hydrogen-bond acceptors (Lipinski definition) is 4. The Morgan fingerprint density at radius 3 is 2.91 bits per heavy atom. The number of benzene rings is 1. The van der Waals surface area contributed by atoms with Gasteiger partial charge in [0, 0.05) is 24.1 Å². The van der Waals surface area contributed by atoms with E-state index in [1.165, 1.54) is 6.07 Å². The molecule has 1 unspecified atom stereocenters. The van der Waals surface area contributed by atoms with Crippen LogP contribution in [0.1, 0.15) is 41.3 Å². The average Bonchev–Trinajstić information content (AvgIpc) is 2.92. The molecule has 7 heteroatoms. The van der Waals surface area contributed by atoms with Gasteiger partial charge in [0.05, 0.1) is 6.10 Å². The molecule has 118 valence electrons. The number of nitrogens with one attached hydrogen (secondary N) is 1. The zero-order valence-corrected chi connectivity index (χ0v) is 12.7. The summed E-state index contributed by atoms with van der Waals surface area (Å²) >= 11 is 5.72. The first kappa shape index (κ1) is 16.5. The largest absolute Gasteiger partial charge is 0.387 e. The van der Waals surface area contributed by atoms with Crippen LogP contribution in [0.5, 0.6) is 0 Å². The van der Waals surface area contributed by atoms with Crippen LogP contribution in [-0.2, 0) is 6.42 Å². The zero-order chi connectivity index (χ0) is 16.1. The highest BCUT2D eigenvalue weighted by molar-refractivity contribution is 6.30. The Bertz CT molecular complexity index is 640. The second-order valence-corrected chi connectivity index (χ2v) is 5.29. The summed E-state index contributed by atoms with van der Waals surface area (Å²) in [6.45, 7) is 1.90. The van der Waals surface area contributed by atoms with Crippen LogP contribution >= 0.6 is 11.6 Å². The SMILES string of the molecule is CCCc1cc(C(=O)NCC(O)c2cc(F)cc(Cl)c2)no1. The van der Waals surface area contributed by atoms with Gasteiger partial charge in [-0.15, -0.1) is 0 Å². The van der Waals surface area contributed by atoms with Crippen molar-refractivity contribution >= 4 is 17.5 Å². The third-order valence-corrected chi connectivity index (χ3v) is 3.23. The quantitative estimate of drug-likeness (QED) is 0.856. The van der Waals surface area contributed by atoms with Crippen LogP contribution in [0, 0.1) is 5.82 Å². The lowest BCUT2D eigenvalue weighted by atomic mass is 10.1. The van der Waals surface area contributed by atoms with Crippen LogP contribution in [0.2, 0.25) is 5.02 Å². The van der Waals surface area contributed by atoms with Crippen molar-refractivity contribution in [3.8, 4) is 0 Å². The lowest BCUT2D eigenvalue weighted by Crippen LogP contribution is -2.28. The maximum Gasteiger partial charge on any atom is 0.273 e. The van der Waals surface area contributed by atoms with E-state index >= 15 is 0 Å². The van der Waals surface area contributed by atoms with Crippen molar-refractivity contribution in [3.05, 3.63) is 52.1 Å². The van der Waals surface area contributed by atoms with E-state index < -0.39 is 17.8 Å². The van der Waals surface area contributed by atoms with Crippen molar-refractivity contribution in [1.82, 2.24) is 10.5 Å². The van der Waals surface area contributed by atoms with Gasteiger partial charge in [0.15, 0.2) is 5.69 Å². The molecule has 0 aliphatic heterocycles. The van der Waals surface area contributed by atoms with E-state index in [1.54, 1.807) is 6.07 Å². The summed E-state index contributed by atoms with van der Waals surface area (Å²) in [5.41, 5.74) is 0.435. The summed E-state index contributed by atoms with van der Waals surface area (Å²) in [7, 11) is 0. The van der Waals surface area contributed by atoms with E-state index in [0.29, 0.717) is 12.2 Å². The summed E-state index contributed by atoms with van der Waals surface area (Å²) in [5.74, 6) is -0.383. The Labute approximate surface area is 132 Å². The molecule has 0 aliphatic carbocycles. The van der Waals surface area contributed by atoms with Gasteiger partial charge in [0.25, 0.3) is 5.91 Å². The first-order valence-electron chi connectivity index (χ1n) is 6.87. The number of carbonyl (C=O) groups excluding carboxylic acids is 1. The zero-order valence-electron chi connectivity index (χ0n) is 12.0. The molecular weight excluding hydrogens is 311 g/mol. The van der Waals surface area contributed by atoms with Crippen molar-refractivity contribution in [1.29, 1.82) is 0 Å². The number of rotatable bonds is 6. The molecule has 1 amide bonds. The highest BCUT2D eigenvalue weighted by atomic mass is 35.5. The number of hydrogen-bond donors (Lipinski definition) is 2. The minimum absolute atomic E-state index is 0.0887. The van der Waals surface area contributed by atoms with Crippen molar-refractivity contribution in [2.75, 3.05) is 6.54 Å².